The van der Waals surface area contributed by atoms with Gasteiger partial charge in [0, 0.05) is 22.7 Å². The minimum absolute atomic E-state index is 0.295. The third-order valence-corrected chi connectivity index (χ3v) is 4.84. The summed E-state index contributed by atoms with van der Waals surface area (Å²) in [6, 6.07) is 10.7. The van der Waals surface area contributed by atoms with Crippen LogP contribution in [0.1, 0.15) is 22.9 Å². The highest BCUT2D eigenvalue weighted by Gasteiger charge is 2.40. The molecule has 2 aromatic rings. The summed E-state index contributed by atoms with van der Waals surface area (Å²) in [5.41, 5.74) is 2.48. The molecule has 1 aromatic carbocycles. The van der Waals surface area contributed by atoms with Crippen LogP contribution >= 0.6 is 22.9 Å². The van der Waals surface area contributed by atoms with Crippen molar-refractivity contribution in [2.75, 3.05) is 5.06 Å². The topological polar surface area (TPSA) is 12.5 Å². The van der Waals surface area contributed by atoms with E-state index in [0.29, 0.717) is 12.1 Å². The molecule has 0 radical (unpaired) electrons. The zero-order valence-corrected chi connectivity index (χ0v) is 11.2. The molecule has 92 valence electrons. The molecule has 0 aliphatic carbocycles. The zero-order valence-electron chi connectivity index (χ0n) is 9.67. The van der Waals surface area contributed by atoms with E-state index in [1.165, 1.54) is 16.1 Å². The predicted octanol–water partition coefficient (Wildman–Crippen LogP) is 4.21. The highest BCUT2D eigenvalue weighted by atomic mass is 35.5. The van der Waals surface area contributed by atoms with Crippen molar-refractivity contribution in [2.24, 2.45) is 0 Å². The molecule has 4 rings (SSSR count). The fourth-order valence-electron chi connectivity index (χ4n) is 2.86. The first-order valence-electron chi connectivity index (χ1n) is 6.09. The molecule has 0 N–H and O–H groups in total. The molecule has 1 fully saturated rings. The van der Waals surface area contributed by atoms with E-state index in [9.17, 15) is 0 Å². The molecule has 2 aliphatic rings. The second-order valence-electron chi connectivity index (χ2n) is 4.80. The van der Waals surface area contributed by atoms with Crippen molar-refractivity contribution < 1.29 is 4.84 Å². The van der Waals surface area contributed by atoms with Crippen LogP contribution in [0.5, 0.6) is 0 Å². The number of hydrogen-bond donors (Lipinski definition) is 0. The molecule has 2 aliphatic heterocycles. The molecular formula is C14H12ClNOS. The Hall–Kier alpha value is -1.03. The van der Waals surface area contributed by atoms with Crippen molar-refractivity contribution in [2.45, 2.75) is 25.0 Å². The van der Waals surface area contributed by atoms with Crippen molar-refractivity contribution >= 4 is 28.6 Å². The van der Waals surface area contributed by atoms with E-state index in [1.807, 2.05) is 6.07 Å². The second-order valence-corrected chi connectivity index (χ2v) is 6.21. The van der Waals surface area contributed by atoms with Crippen LogP contribution in [0.15, 0.2) is 35.7 Å². The van der Waals surface area contributed by atoms with Gasteiger partial charge < -0.3 is 0 Å². The van der Waals surface area contributed by atoms with Gasteiger partial charge in [-0.3, -0.25) is 4.84 Å². The van der Waals surface area contributed by atoms with Crippen molar-refractivity contribution in [1.82, 2.24) is 0 Å². The van der Waals surface area contributed by atoms with Crippen LogP contribution in [0.25, 0.3) is 0 Å². The van der Waals surface area contributed by atoms with Crippen LogP contribution in [0, 0.1) is 0 Å². The molecule has 1 saturated heterocycles. The van der Waals surface area contributed by atoms with Crippen LogP contribution < -0.4 is 5.06 Å². The lowest BCUT2D eigenvalue weighted by Crippen LogP contribution is -2.27. The largest absolute Gasteiger partial charge is 0.269 e. The van der Waals surface area contributed by atoms with Gasteiger partial charge in [0.25, 0.3) is 0 Å². The summed E-state index contributed by atoms with van der Waals surface area (Å²) < 4.78 is 0. The van der Waals surface area contributed by atoms with E-state index >= 15 is 0 Å². The number of fused-ring (bicyclic) bond motifs is 4. The Kier molecular flexibility index (Phi) is 2.40. The summed E-state index contributed by atoms with van der Waals surface area (Å²) >= 11 is 7.87. The molecule has 0 amide bonds. The zero-order chi connectivity index (χ0) is 12.1. The van der Waals surface area contributed by atoms with Crippen molar-refractivity contribution in [3.63, 3.8) is 0 Å². The van der Waals surface area contributed by atoms with Crippen LogP contribution in [-0.4, -0.2) is 6.10 Å². The highest BCUT2D eigenvalue weighted by Crippen LogP contribution is 2.46. The first kappa shape index (κ1) is 10.9. The molecule has 4 heteroatoms. The molecular weight excluding hydrogens is 266 g/mol. The van der Waals surface area contributed by atoms with E-state index < -0.39 is 0 Å². The number of hydroxylamine groups is 1. The summed E-state index contributed by atoms with van der Waals surface area (Å²) in [5.74, 6) is 0. The number of halogens is 1. The average molecular weight is 278 g/mol. The Morgan fingerprint density at radius 3 is 3.11 bits per heavy atom. The molecule has 0 unspecified atom stereocenters. The van der Waals surface area contributed by atoms with Gasteiger partial charge in [-0.1, -0.05) is 17.7 Å². The third-order valence-electron chi connectivity index (χ3n) is 3.63. The van der Waals surface area contributed by atoms with Crippen molar-refractivity contribution in [3.8, 4) is 0 Å². The first-order chi connectivity index (χ1) is 8.81. The van der Waals surface area contributed by atoms with E-state index in [0.717, 1.165) is 17.9 Å². The smallest absolute Gasteiger partial charge is 0.0933 e. The van der Waals surface area contributed by atoms with Gasteiger partial charge in [0.05, 0.1) is 17.8 Å². The maximum atomic E-state index is 6.07. The number of rotatable bonds is 1. The summed E-state index contributed by atoms with van der Waals surface area (Å²) in [6.07, 6.45) is 2.32. The summed E-state index contributed by atoms with van der Waals surface area (Å²) in [5, 5.41) is 5.01. The maximum absolute atomic E-state index is 6.07. The molecule has 2 atom stereocenters. The monoisotopic (exact) mass is 277 g/mol. The lowest BCUT2D eigenvalue weighted by molar-refractivity contribution is 0.0736. The van der Waals surface area contributed by atoms with Crippen molar-refractivity contribution in [1.29, 1.82) is 0 Å². The lowest BCUT2D eigenvalue weighted by atomic mass is 10.0. The van der Waals surface area contributed by atoms with Gasteiger partial charge in [-0.25, -0.2) is 5.06 Å². The normalized spacial score (nSPS) is 25.3. The summed E-state index contributed by atoms with van der Waals surface area (Å²) in [7, 11) is 0. The predicted molar refractivity (Wildman–Crippen MR) is 74.2 cm³/mol. The molecule has 18 heavy (non-hydrogen) atoms. The Bertz CT molecular complexity index is 583. The molecule has 0 spiro atoms. The van der Waals surface area contributed by atoms with Gasteiger partial charge >= 0.3 is 0 Å². The standard InChI is InChI=1S/C14H12ClNOS/c15-10-3-4-12-9(6-10)7-11-8-13(16(12)17-11)14-2-1-5-18-14/h1-6,11,13H,7-8H2/t11-,13-/m0/s1. The minimum atomic E-state index is 0.295. The van der Waals surface area contributed by atoms with Crippen LogP contribution in [0.3, 0.4) is 0 Å². The SMILES string of the molecule is Clc1ccc2c(c1)C[C@H]1C[C@@H](c3cccs3)N2O1. The van der Waals surface area contributed by atoms with E-state index in [4.69, 9.17) is 16.4 Å². The van der Waals surface area contributed by atoms with Gasteiger partial charge in [0.1, 0.15) is 0 Å². The molecule has 2 bridgehead atoms. The minimum Gasteiger partial charge on any atom is -0.269 e. The fourth-order valence-corrected chi connectivity index (χ4v) is 3.87. The number of anilines is 1. The highest BCUT2D eigenvalue weighted by molar-refractivity contribution is 7.10. The van der Waals surface area contributed by atoms with Gasteiger partial charge in [0.2, 0.25) is 0 Å². The lowest BCUT2D eigenvalue weighted by Gasteiger charge is -2.29. The first-order valence-corrected chi connectivity index (χ1v) is 7.35. The summed E-state index contributed by atoms with van der Waals surface area (Å²) in [6.45, 7) is 0. The third kappa shape index (κ3) is 1.58. The van der Waals surface area contributed by atoms with E-state index in [1.54, 1.807) is 11.3 Å². The van der Waals surface area contributed by atoms with Gasteiger partial charge in [-0.05, 0) is 35.2 Å². The number of nitrogens with zero attached hydrogens (tertiary/aromatic N) is 1. The van der Waals surface area contributed by atoms with Gasteiger partial charge in [-0.15, -0.1) is 11.3 Å². The van der Waals surface area contributed by atoms with Crippen LogP contribution in [-0.2, 0) is 11.3 Å². The number of thiophene rings is 1. The van der Waals surface area contributed by atoms with Crippen LogP contribution in [0.4, 0.5) is 5.69 Å². The van der Waals surface area contributed by atoms with E-state index in [-0.39, 0.29) is 0 Å². The number of hydrogen-bond acceptors (Lipinski definition) is 3. The molecule has 0 saturated carbocycles. The molecule has 3 heterocycles. The fraction of sp³-hybridized carbons (Fsp3) is 0.286. The Balaban J connectivity index is 1.79. The quantitative estimate of drug-likeness (QED) is 0.774. The molecule has 2 nitrogen and oxygen atoms in total. The van der Waals surface area contributed by atoms with Crippen LogP contribution in [0.2, 0.25) is 5.02 Å². The Morgan fingerprint density at radius 2 is 2.28 bits per heavy atom. The summed E-state index contributed by atoms with van der Waals surface area (Å²) in [4.78, 5) is 7.37. The second kappa shape index (κ2) is 3.98. The average Bonchev–Trinajstić information content (AvgIpc) is 2.97. The molecule has 1 aromatic heterocycles. The number of benzene rings is 1. The van der Waals surface area contributed by atoms with Crippen molar-refractivity contribution in [3.05, 3.63) is 51.2 Å². The van der Waals surface area contributed by atoms with E-state index in [2.05, 4.69) is 34.7 Å². The Labute approximate surface area is 115 Å². The van der Waals surface area contributed by atoms with Gasteiger partial charge in [0.15, 0.2) is 0 Å². The van der Waals surface area contributed by atoms with Gasteiger partial charge in [-0.2, -0.15) is 0 Å². The Morgan fingerprint density at radius 1 is 1.33 bits per heavy atom. The maximum Gasteiger partial charge on any atom is 0.0933 e.